The molecule has 2 heteroatoms. The van der Waals surface area contributed by atoms with E-state index < -0.39 is 0 Å². The smallest absolute Gasteiger partial charge is 0.126 e. The van der Waals surface area contributed by atoms with Crippen LogP contribution in [0.1, 0.15) is 48.6 Å². The minimum absolute atomic E-state index is 0.135. The largest absolute Gasteiger partial charge is 0.485 e. The van der Waals surface area contributed by atoms with E-state index in [0.717, 1.165) is 25.1 Å². The number of rotatable bonds is 4. The molecule has 1 aliphatic heterocycles. The van der Waals surface area contributed by atoms with Gasteiger partial charge in [-0.25, -0.2) is 0 Å². The Kier molecular flexibility index (Phi) is 4.26. The topological polar surface area (TPSA) is 21.3 Å². The third-order valence-electron chi connectivity index (χ3n) is 4.07. The normalized spacial score (nSPS) is 20.7. The van der Waals surface area contributed by atoms with E-state index in [9.17, 15) is 0 Å². The molecule has 110 valence electrons. The van der Waals surface area contributed by atoms with Gasteiger partial charge in [-0.1, -0.05) is 55.0 Å². The van der Waals surface area contributed by atoms with Crippen LogP contribution in [-0.2, 0) is 0 Å². The summed E-state index contributed by atoms with van der Waals surface area (Å²) in [4.78, 5) is 0. The minimum Gasteiger partial charge on any atom is -0.485 e. The average Bonchev–Trinajstić information content (AvgIpc) is 2.53. The summed E-state index contributed by atoms with van der Waals surface area (Å²) in [7, 11) is 0. The first-order valence-corrected chi connectivity index (χ1v) is 7.83. The molecule has 0 fully saturated rings. The first-order chi connectivity index (χ1) is 10.3. The quantitative estimate of drug-likeness (QED) is 0.887. The van der Waals surface area contributed by atoms with Crippen molar-refractivity contribution in [2.45, 2.75) is 38.8 Å². The lowest BCUT2D eigenvalue weighted by Gasteiger charge is -2.33. The lowest BCUT2D eigenvalue weighted by Crippen LogP contribution is -2.29. The molecule has 0 spiro atoms. The minimum atomic E-state index is 0.135. The highest BCUT2D eigenvalue weighted by Gasteiger charge is 2.28. The molecule has 21 heavy (non-hydrogen) atoms. The summed E-state index contributed by atoms with van der Waals surface area (Å²) in [6.45, 7) is 5.39. The summed E-state index contributed by atoms with van der Waals surface area (Å²) in [6.07, 6.45) is 2.27. The SMILES string of the molecule is CCCNC1CC(c2ccccc2)Oc2ccc(C)cc21. The highest BCUT2D eigenvalue weighted by Crippen LogP contribution is 2.41. The zero-order valence-corrected chi connectivity index (χ0v) is 12.8. The Morgan fingerprint density at radius 2 is 1.95 bits per heavy atom. The molecule has 0 aromatic heterocycles. The van der Waals surface area contributed by atoms with Gasteiger partial charge in [0.05, 0.1) is 0 Å². The molecule has 0 radical (unpaired) electrons. The average molecular weight is 281 g/mol. The van der Waals surface area contributed by atoms with Gasteiger partial charge in [-0.05, 0) is 31.5 Å². The standard InChI is InChI=1S/C19H23NO/c1-3-11-20-17-13-19(15-7-5-4-6-8-15)21-18-10-9-14(2)12-16(17)18/h4-10,12,17,19-20H,3,11,13H2,1-2H3. The highest BCUT2D eigenvalue weighted by atomic mass is 16.5. The van der Waals surface area contributed by atoms with E-state index in [1.807, 2.05) is 0 Å². The maximum Gasteiger partial charge on any atom is 0.126 e. The predicted molar refractivity (Wildman–Crippen MR) is 86.6 cm³/mol. The second-order valence-corrected chi connectivity index (χ2v) is 5.80. The van der Waals surface area contributed by atoms with Crippen LogP contribution in [-0.4, -0.2) is 6.54 Å². The Balaban J connectivity index is 1.91. The maximum absolute atomic E-state index is 6.24. The van der Waals surface area contributed by atoms with Crippen molar-refractivity contribution in [3.05, 3.63) is 65.2 Å². The summed E-state index contributed by atoms with van der Waals surface area (Å²) in [5, 5.41) is 3.67. The van der Waals surface area contributed by atoms with Crippen molar-refractivity contribution in [3.63, 3.8) is 0 Å². The third kappa shape index (κ3) is 3.11. The predicted octanol–water partition coefficient (Wildman–Crippen LogP) is 4.56. The number of nitrogens with one attached hydrogen (secondary N) is 1. The van der Waals surface area contributed by atoms with Crippen LogP contribution >= 0.6 is 0 Å². The highest BCUT2D eigenvalue weighted by molar-refractivity contribution is 5.42. The zero-order valence-electron chi connectivity index (χ0n) is 12.8. The molecule has 2 aromatic carbocycles. The second kappa shape index (κ2) is 6.31. The first kappa shape index (κ1) is 14.2. The maximum atomic E-state index is 6.24. The summed E-state index contributed by atoms with van der Waals surface area (Å²) in [5.74, 6) is 1.02. The Morgan fingerprint density at radius 3 is 2.71 bits per heavy atom. The molecule has 1 N–H and O–H groups in total. The Morgan fingerprint density at radius 1 is 1.14 bits per heavy atom. The van der Waals surface area contributed by atoms with E-state index in [2.05, 4.69) is 67.7 Å². The van der Waals surface area contributed by atoms with E-state index in [1.165, 1.54) is 16.7 Å². The molecule has 1 heterocycles. The summed E-state index contributed by atoms with van der Waals surface area (Å²) in [6, 6.07) is 17.4. The van der Waals surface area contributed by atoms with Crippen molar-refractivity contribution in [3.8, 4) is 5.75 Å². The zero-order chi connectivity index (χ0) is 14.7. The van der Waals surface area contributed by atoms with Gasteiger partial charge in [-0.3, -0.25) is 0 Å². The van der Waals surface area contributed by atoms with Crippen LogP contribution in [0, 0.1) is 6.92 Å². The van der Waals surface area contributed by atoms with Gasteiger partial charge < -0.3 is 10.1 Å². The summed E-state index contributed by atoms with van der Waals surface area (Å²) >= 11 is 0. The van der Waals surface area contributed by atoms with Gasteiger partial charge in [0.2, 0.25) is 0 Å². The molecule has 0 amide bonds. The molecule has 2 nitrogen and oxygen atoms in total. The lowest BCUT2D eigenvalue weighted by atomic mass is 9.92. The number of ether oxygens (including phenoxy) is 1. The van der Waals surface area contributed by atoms with Crippen molar-refractivity contribution < 1.29 is 4.74 Å². The summed E-state index contributed by atoms with van der Waals surface area (Å²) in [5.41, 5.74) is 3.85. The van der Waals surface area contributed by atoms with Crippen molar-refractivity contribution in [2.75, 3.05) is 6.54 Å². The molecule has 2 atom stereocenters. The van der Waals surface area contributed by atoms with E-state index in [-0.39, 0.29) is 6.10 Å². The Bertz CT molecular complexity index is 594. The van der Waals surface area contributed by atoms with E-state index in [4.69, 9.17) is 4.74 Å². The van der Waals surface area contributed by atoms with Crippen molar-refractivity contribution >= 4 is 0 Å². The molecule has 3 rings (SSSR count). The fourth-order valence-corrected chi connectivity index (χ4v) is 2.97. The van der Waals surface area contributed by atoms with E-state index in [1.54, 1.807) is 0 Å². The monoisotopic (exact) mass is 281 g/mol. The van der Waals surface area contributed by atoms with Gasteiger partial charge in [0.15, 0.2) is 0 Å². The molecular weight excluding hydrogens is 258 g/mol. The van der Waals surface area contributed by atoms with Crippen LogP contribution in [0.15, 0.2) is 48.5 Å². The molecule has 2 aromatic rings. The van der Waals surface area contributed by atoms with Crippen LogP contribution in [0.3, 0.4) is 0 Å². The van der Waals surface area contributed by atoms with Gasteiger partial charge in [-0.2, -0.15) is 0 Å². The second-order valence-electron chi connectivity index (χ2n) is 5.80. The van der Waals surface area contributed by atoms with Crippen LogP contribution < -0.4 is 10.1 Å². The molecular formula is C19H23NO. The number of hydrogen-bond acceptors (Lipinski definition) is 2. The number of fused-ring (bicyclic) bond motifs is 1. The molecule has 0 saturated carbocycles. The van der Waals surface area contributed by atoms with Crippen molar-refractivity contribution in [2.24, 2.45) is 0 Å². The van der Waals surface area contributed by atoms with Crippen LogP contribution in [0.4, 0.5) is 0 Å². The fourth-order valence-electron chi connectivity index (χ4n) is 2.97. The van der Waals surface area contributed by atoms with Crippen molar-refractivity contribution in [1.82, 2.24) is 5.32 Å². The van der Waals surface area contributed by atoms with Crippen molar-refractivity contribution in [1.29, 1.82) is 0 Å². The molecule has 2 unspecified atom stereocenters. The van der Waals surface area contributed by atoms with Gasteiger partial charge in [0, 0.05) is 18.0 Å². The number of aryl methyl sites for hydroxylation is 1. The van der Waals surface area contributed by atoms with Gasteiger partial charge in [-0.15, -0.1) is 0 Å². The van der Waals surface area contributed by atoms with Gasteiger partial charge >= 0.3 is 0 Å². The Labute approximate surface area is 127 Å². The number of hydrogen-bond donors (Lipinski definition) is 1. The number of benzene rings is 2. The fraction of sp³-hybridized carbons (Fsp3) is 0.368. The molecule has 0 bridgehead atoms. The Hall–Kier alpha value is -1.80. The molecule has 1 aliphatic rings. The van der Waals surface area contributed by atoms with Crippen LogP contribution in [0.25, 0.3) is 0 Å². The first-order valence-electron chi connectivity index (χ1n) is 7.83. The van der Waals surface area contributed by atoms with Gasteiger partial charge in [0.25, 0.3) is 0 Å². The lowest BCUT2D eigenvalue weighted by molar-refractivity contribution is 0.151. The molecule has 0 aliphatic carbocycles. The van der Waals surface area contributed by atoms with E-state index in [0.29, 0.717) is 6.04 Å². The third-order valence-corrected chi connectivity index (χ3v) is 4.07. The van der Waals surface area contributed by atoms with E-state index >= 15 is 0 Å². The van der Waals surface area contributed by atoms with Crippen LogP contribution in [0.5, 0.6) is 5.75 Å². The summed E-state index contributed by atoms with van der Waals surface area (Å²) < 4.78 is 6.24. The van der Waals surface area contributed by atoms with Gasteiger partial charge in [0.1, 0.15) is 11.9 Å². The van der Waals surface area contributed by atoms with Crippen LogP contribution in [0.2, 0.25) is 0 Å². The molecule has 0 saturated heterocycles.